The van der Waals surface area contributed by atoms with Crippen molar-refractivity contribution in [1.82, 2.24) is 10.2 Å². The average Bonchev–Trinajstić information content (AvgIpc) is 3.36. The Bertz CT molecular complexity index is 638. The Morgan fingerprint density at radius 3 is 2.78 bits per heavy atom. The Morgan fingerprint density at radius 2 is 2.09 bits per heavy atom. The Kier molecular flexibility index (Phi) is 4.30. The van der Waals surface area contributed by atoms with E-state index < -0.39 is 17.7 Å². The molecule has 2 amide bonds. The third kappa shape index (κ3) is 3.19. The molecular weight excluding hydrogens is 306 g/mol. The minimum Gasteiger partial charge on any atom is -0.365 e. The van der Waals surface area contributed by atoms with Crippen molar-refractivity contribution in [3.05, 3.63) is 35.4 Å². The molecule has 0 unspecified atom stereocenters. The van der Waals surface area contributed by atoms with Gasteiger partial charge in [0, 0.05) is 19.5 Å². The van der Waals surface area contributed by atoms with Crippen LogP contribution in [-0.2, 0) is 14.3 Å². The molecule has 3 atom stereocenters. The second kappa shape index (κ2) is 6.23. The van der Waals surface area contributed by atoms with Gasteiger partial charge in [-0.25, -0.2) is 8.78 Å². The summed E-state index contributed by atoms with van der Waals surface area (Å²) in [6, 6.07) is 3.75. The van der Waals surface area contributed by atoms with Crippen LogP contribution < -0.4 is 5.32 Å². The zero-order valence-electron chi connectivity index (χ0n) is 12.7. The lowest BCUT2D eigenvalue weighted by Gasteiger charge is -2.32. The van der Waals surface area contributed by atoms with Crippen LogP contribution in [0.5, 0.6) is 0 Å². The van der Waals surface area contributed by atoms with Gasteiger partial charge in [0.1, 0.15) is 0 Å². The molecular formula is C16H18F2N2O3. The van der Waals surface area contributed by atoms with E-state index in [4.69, 9.17) is 4.74 Å². The molecule has 1 saturated heterocycles. The summed E-state index contributed by atoms with van der Waals surface area (Å²) in [6.07, 6.45) is -0.0375. The molecule has 0 radical (unpaired) electrons. The van der Waals surface area contributed by atoms with Crippen molar-refractivity contribution in [3.63, 3.8) is 0 Å². The Labute approximate surface area is 132 Å². The summed E-state index contributed by atoms with van der Waals surface area (Å²) in [5.74, 6) is -2.42. The second-order valence-electron chi connectivity index (χ2n) is 5.88. The fraction of sp³-hybridized carbons (Fsp3) is 0.500. The molecule has 2 fully saturated rings. The van der Waals surface area contributed by atoms with Gasteiger partial charge in [0.25, 0.3) is 5.91 Å². The fourth-order valence-electron chi connectivity index (χ4n) is 2.98. The highest BCUT2D eigenvalue weighted by Gasteiger charge is 2.47. The van der Waals surface area contributed by atoms with E-state index in [0.29, 0.717) is 25.1 Å². The Hall–Kier alpha value is -2.02. The highest BCUT2D eigenvalue weighted by atomic mass is 19.2. The molecule has 7 heteroatoms. The van der Waals surface area contributed by atoms with Crippen LogP contribution in [0.2, 0.25) is 0 Å². The number of hydrogen-bond acceptors (Lipinski definition) is 3. The molecule has 124 valence electrons. The molecule has 2 aliphatic rings. The highest BCUT2D eigenvalue weighted by Crippen LogP contribution is 2.48. The van der Waals surface area contributed by atoms with Crippen LogP contribution >= 0.6 is 0 Å². The fourth-order valence-corrected chi connectivity index (χ4v) is 2.98. The first-order chi connectivity index (χ1) is 11.0. The standard InChI is InChI=1S/C16H18F2N2O3/c1-19-15(21)14-8-20(4-5-23-14)16(22)11-7-10(11)9-2-3-12(17)13(18)6-9/h2-3,6,10-11,14H,4-5,7-8H2,1H3,(H,19,21)/t10-,11+,14+/m1/s1. The molecule has 23 heavy (non-hydrogen) atoms. The monoisotopic (exact) mass is 324 g/mol. The van der Waals surface area contributed by atoms with Crippen LogP contribution in [0, 0.1) is 17.6 Å². The van der Waals surface area contributed by atoms with Gasteiger partial charge in [-0.2, -0.15) is 0 Å². The molecule has 0 spiro atoms. The second-order valence-corrected chi connectivity index (χ2v) is 5.88. The minimum atomic E-state index is -0.897. The van der Waals surface area contributed by atoms with Gasteiger partial charge in [0.15, 0.2) is 17.7 Å². The topological polar surface area (TPSA) is 58.6 Å². The van der Waals surface area contributed by atoms with Gasteiger partial charge in [0.2, 0.25) is 5.91 Å². The third-order valence-electron chi connectivity index (χ3n) is 4.40. The van der Waals surface area contributed by atoms with E-state index in [1.165, 1.54) is 13.1 Å². The van der Waals surface area contributed by atoms with Gasteiger partial charge < -0.3 is 15.0 Å². The molecule has 0 bridgehead atoms. The normalized spacial score (nSPS) is 26.7. The van der Waals surface area contributed by atoms with E-state index in [0.717, 1.165) is 12.1 Å². The molecule has 1 aromatic rings. The van der Waals surface area contributed by atoms with Crippen molar-refractivity contribution in [2.45, 2.75) is 18.4 Å². The summed E-state index contributed by atoms with van der Waals surface area (Å²) in [5.41, 5.74) is 0.637. The number of carbonyl (C=O) groups excluding carboxylic acids is 2. The lowest BCUT2D eigenvalue weighted by molar-refractivity contribution is -0.147. The van der Waals surface area contributed by atoms with Crippen molar-refractivity contribution in [2.75, 3.05) is 26.7 Å². The summed E-state index contributed by atoms with van der Waals surface area (Å²) in [4.78, 5) is 25.8. The van der Waals surface area contributed by atoms with Crippen LogP contribution in [-0.4, -0.2) is 49.6 Å². The lowest BCUT2D eigenvalue weighted by atomic mass is 10.1. The van der Waals surface area contributed by atoms with E-state index in [9.17, 15) is 18.4 Å². The van der Waals surface area contributed by atoms with Crippen LogP contribution in [0.1, 0.15) is 17.9 Å². The van der Waals surface area contributed by atoms with Crippen LogP contribution in [0.15, 0.2) is 18.2 Å². The van der Waals surface area contributed by atoms with E-state index in [2.05, 4.69) is 5.32 Å². The third-order valence-corrected chi connectivity index (χ3v) is 4.40. The molecule has 1 heterocycles. The van der Waals surface area contributed by atoms with Crippen molar-refractivity contribution >= 4 is 11.8 Å². The maximum atomic E-state index is 13.3. The number of nitrogens with one attached hydrogen (secondary N) is 1. The number of morpholine rings is 1. The van der Waals surface area contributed by atoms with Crippen LogP contribution in [0.4, 0.5) is 8.78 Å². The van der Waals surface area contributed by atoms with Gasteiger partial charge in [-0.05, 0) is 30.0 Å². The predicted molar refractivity (Wildman–Crippen MR) is 77.6 cm³/mol. The highest BCUT2D eigenvalue weighted by molar-refractivity contribution is 5.85. The van der Waals surface area contributed by atoms with Crippen LogP contribution in [0.3, 0.4) is 0 Å². The Balaban J connectivity index is 1.63. The van der Waals surface area contributed by atoms with Crippen molar-refractivity contribution in [1.29, 1.82) is 0 Å². The number of hydrogen-bond donors (Lipinski definition) is 1. The number of amides is 2. The Morgan fingerprint density at radius 1 is 1.30 bits per heavy atom. The minimum absolute atomic E-state index is 0.0584. The van der Waals surface area contributed by atoms with E-state index in [-0.39, 0.29) is 30.2 Å². The SMILES string of the molecule is CNC(=O)[C@@H]1CN(C(=O)[C@H]2C[C@@H]2c2ccc(F)c(F)c2)CCO1. The summed E-state index contributed by atoms with van der Waals surface area (Å²) in [5, 5.41) is 2.51. The van der Waals surface area contributed by atoms with Crippen LogP contribution in [0.25, 0.3) is 0 Å². The van der Waals surface area contributed by atoms with Gasteiger partial charge >= 0.3 is 0 Å². The zero-order valence-corrected chi connectivity index (χ0v) is 12.7. The molecule has 5 nitrogen and oxygen atoms in total. The number of likely N-dealkylation sites (N-methyl/N-ethyl adjacent to an activating group) is 1. The maximum Gasteiger partial charge on any atom is 0.250 e. The largest absolute Gasteiger partial charge is 0.365 e. The molecule has 1 aliphatic heterocycles. The first-order valence-corrected chi connectivity index (χ1v) is 7.58. The van der Waals surface area contributed by atoms with Crippen molar-refractivity contribution < 1.29 is 23.1 Å². The molecule has 1 saturated carbocycles. The van der Waals surface area contributed by atoms with Crippen molar-refractivity contribution in [3.8, 4) is 0 Å². The predicted octanol–water partition coefficient (Wildman–Crippen LogP) is 1.04. The van der Waals surface area contributed by atoms with E-state index in [1.54, 1.807) is 4.90 Å². The number of nitrogens with zero attached hydrogens (tertiary/aromatic N) is 1. The number of carbonyl (C=O) groups is 2. The number of benzene rings is 1. The number of halogens is 2. The summed E-state index contributed by atoms with van der Waals surface area (Å²) in [7, 11) is 1.52. The first kappa shape index (κ1) is 15.9. The smallest absolute Gasteiger partial charge is 0.250 e. The summed E-state index contributed by atoms with van der Waals surface area (Å²) < 4.78 is 31.6. The first-order valence-electron chi connectivity index (χ1n) is 7.58. The number of ether oxygens (including phenoxy) is 1. The van der Waals surface area contributed by atoms with Gasteiger partial charge in [-0.3, -0.25) is 9.59 Å². The average molecular weight is 324 g/mol. The summed E-state index contributed by atoms with van der Waals surface area (Å²) >= 11 is 0. The molecule has 1 aliphatic carbocycles. The van der Waals surface area contributed by atoms with E-state index >= 15 is 0 Å². The van der Waals surface area contributed by atoms with Gasteiger partial charge in [0.05, 0.1) is 13.2 Å². The van der Waals surface area contributed by atoms with E-state index in [1.807, 2.05) is 0 Å². The molecule has 1 N–H and O–H groups in total. The van der Waals surface area contributed by atoms with Gasteiger partial charge in [-0.15, -0.1) is 0 Å². The lowest BCUT2D eigenvalue weighted by Crippen LogP contribution is -2.51. The summed E-state index contributed by atoms with van der Waals surface area (Å²) in [6.45, 7) is 0.971. The zero-order chi connectivity index (χ0) is 16.6. The maximum absolute atomic E-state index is 13.3. The molecule has 3 rings (SSSR count). The van der Waals surface area contributed by atoms with Crippen molar-refractivity contribution in [2.24, 2.45) is 5.92 Å². The van der Waals surface area contributed by atoms with Gasteiger partial charge in [-0.1, -0.05) is 6.07 Å². The molecule has 0 aromatic heterocycles. The molecule has 1 aromatic carbocycles. The number of rotatable bonds is 3. The quantitative estimate of drug-likeness (QED) is 0.904.